The summed E-state index contributed by atoms with van der Waals surface area (Å²) in [7, 11) is 0. The Morgan fingerprint density at radius 1 is 1.33 bits per heavy atom. The van der Waals surface area contributed by atoms with Gasteiger partial charge in [0.25, 0.3) is 5.91 Å². The number of nitrogens with zero attached hydrogens (tertiary/aromatic N) is 1. The van der Waals surface area contributed by atoms with Crippen LogP contribution < -0.4 is 10.1 Å². The van der Waals surface area contributed by atoms with Gasteiger partial charge in [-0.05, 0) is 19.1 Å². The number of carbonyl (C=O) groups excluding carboxylic acids is 1. The van der Waals surface area contributed by atoms with Gasteiger partial charge in [0, 0.05) is 17.2 Å². The molecule has 0 unspecified atom stereocenters. The number of amides is 1. The lowest BCUT2D eigenvalue weighted by molar-refractivity contribution is 0.102. The molecule has 0 radical (unpaired) electrons. The summed E-state index contributed by atoms with van der Waals surface area (Å²) in [4.78, 5) is 12.3. The van der Waals surface area contributed by atoms with Crippen LogP contribution in [0.4, 0.5) is 5.82 Å². The van der Waals surface area contributed by atoms with Crippen LogP contribution in [-0.4, -0.2) is 22.7 Å². The fraction of sp³-hybridized carbons (Fsp3) is 0.375. The third-order valence-corrected chi connectivity index (χ3v) is 3.06. The molecule has 0 spiro atoms. The predicted molar refractivity (Wildman–Crippen MR) is 82.9 cm³/mol. The van der Waals surface area contributed by atoms with E-state index in [1.54, 1.807) is 12.1 Å². The highest BCUT2D eigenvalue weighted by Gasteiger charge is 2.18. The van der Waals surface area contributed by atoms with Crippen molar-refractivity contribution in [2.45, 2.75) is 33.1 Å². The largest absolute Gasteiger partial charge is 0.493 e. The van der Waals surface area contributed by atoms with Gasteiger partial charge in [-0.2, -0.15) is 5.10 Å². The Morgan fingerprint density at radius 2 is 2.05 bits per heavy atom. The monoisotopic (exact) mass is 287 g/mol. The van der Waals surface area contributed by atoms with Crippen molar-refractivity contribution in [2.75, 3.05) is 11.9 Å². The molecule has 0 saturated carbocycles. The highest BCUT2D eigenvalue weighted by molar-refractivity contribution is 6.05. The maximum Gasteiger partial charge on any atom is 0.260 e. The molecule has 0 saturated heterocycles. The number of aromatic amines is 1. The van der Waals surface area contributed by atoms with Crippen LogP contribution in [0.5, 0.6) is 5.75 Å². The first kappa shape index (κ1) is 15.1. The van der Waals surface area contributed by atoms with Gasteiger partial charge in [-0.1, -0.05) is 32.9 Å². The van der Waals surface area contributed by atoms with E-state index in [-0.39, 0.29) is 11.3 Å². The molecule has 0 aliphatic heterocycles. The van der Waals surface area contributed by atoms with Crippen molar-refractivity contribution >= 4 is 11.7 Å². The van der Waals surface area contributed by atoms with Crippen LogP contribution in [0.25, 0.3) is 0 Å². The SMILES string of the molecule is CCOc1ccccc1C(=O)Nc1cc(C(C)(C)C)[nH]n1. The highest BCUT2D eigenvalue weighted by atomic mass is 16.5. The molecule has 21 heavy (non-hydrogen) atoms. The molecule has 0 aliphatic rings. The van der Waals surface area contributed by atoms with Crippen molar-refractivity contribution < 1.29 is 9.53 Å². The Hall–Kier alpha value is -2.30. The molecule has 5 nitrogen and oxygen atoms in total. The van der Waals surface area contributed by atoms with Gasteiger partial charge >= 0.3 is 0 Å². The van der Waals surface area contributed by atoms with E-state index in [1.807, 2.05) is 25.1 Å². The van der Waals surface area contributed by atoms with Crippen molar-refractivity contribution in [1.82, 2.24) is 10.2 Å². The normalized spacial score (nSPS) is 11.2. The lowest BCUT2D eigenvalue weighted by Crippen LogP contribution is -2.14. The number of aromatic nitrogens is 2. The molecule has 1 heterocycles. The second-order valence-corrected chi connectivity index (χ2v) is 5.80. The van der Waals surface area contributed by atoms with Crippen molar-refractivity contribution in [3.8, 4) is 5.75 Å². The van der Waals surface area contributed by atoms with Gasteiger partial charge in [0.05, 0.1) is 12.2 Å². The smallest absolute Gasteiger partial charge is 0.260 e. The van der Waals surface area contributed by atoms with Crippen LogP contribution >= 0.6 is 0 Å². The minimum absolute atomic E-state index is 0.0425. The summed E-state index contributed by atoms with van der Waals surface area (Å²) in [5.41, 5.74) is 1.43. The molecule has 2 aromatic rings. The third kappa shape index (κ3) is 3.62. The number of carbonyl (C=O) groups is 1. The average molecular weight is 287 g/mol. The van der Waals surface area contributed by atoms with Crippen LogP contribution in [0.3, 0.4) is 0 Å². The number of H-pyrrole nitrogens is 1. The molecule has 1 aromatic carbocycles. The molecular formula is C16H21N3O2. The molecule has 0 bridgehead atoms. The molecule has 5 heteroatoms. The number of nitrogens with one attached hydrogen (secondary N) is 2. The first-order valence-electron chi connectivity index (χ1n) is 7.01. The number of ether oxygens (including phenoxy) is 1. The average Bonchev–Trinajstić information content (AvgIpc) is 2.88. The summed E-state index contributed by atoms with van der Waals surface area (Å²) in [6.45, 7) is 8.64. The molecule has 2 rings (SSSR count). The zero-order valence-electron chi connectivity index (χ0n) is 12.9. The number of benzene rings is 1. The Kier molecular flexibility index (Phi) is 4.31. The Balaban J connectivity index is 2.17. The van der Waals surface area contributed by atoms with Crippen LogP contribution in [0.1, 0.15) is 43.7 Å². The number of hydrogen-bond donors (Lipinski definition) is 2. The second kappa shape index (κ2) is 5.99. The van der Waals surface area contributed by atoms with E-state index in [4.69, 9.17) is 4.74 Å². The van der Waals surface area contributed by atoms with Gasteiger partial charge in [0.2, 0.25) is 0 Å². The number of hydrogen-bond acceptors (Lipinski definition) is 3. The topological polar surface area (TPSA) is 67.0 Å². The quantitative estimate of drug-likeness (QED) is 0.906. The molecule has 0 aliphatic carbocycles. The first-order valence-corrected chi connectivity index (χ1v) is 7.01. The molecule has 0 atom stereocenters. The van der Waals surface area contributed by atoms with Gasteiger partial charge in [-0.15, -0.1) is 0 Å². The van der Waals surface area contributed by atoms with Crippen molar-refractivity contribution in [1.29, 1.82) is 0 Å². The molecule has 0 fully saturated rings. The lowest BCUT2D eigenvalue weighted by atomic mass is 9.92. The Bertz CT molecular complexity index is 626. The molecule has 112 valence electrons. The molecule has 2 N–H and O–H groups in total. The van der Waals surface area contributed by atoms with Crippen molar-refractivity contribution in [3.63, 3.8) is 0 Å². The van der Waals surface area contributed by atoms with Gasteiger partial charge < -0.3 is 10.1 Å². The van der Waals surface area contributed by atoms with E-state index in [0.717, 1.165) is 5.69 Å². The Morgan fingerprint density at radius 3 is 2.67 bits per heavy atom. The van der Waals surface area contributed by atoms with Crippen molar-refractivity contribution in [3.05, 3.63) is 41.6 Å². The number of para-hydroxylation sites is 1. The van der Waals surface area contributed by atoms with E-state index in [0.29, 0.717) is 23.7 Å². The summed E-state index contributed by atoms with van der Waals surface area (Å²) in [5, 5.41) is 9.86. The summed E-state index contributed by atoms with van der Waals surface area (Å²) in [5.74, 6) is 0.853. The minimum atomic E-state index is -0.231. The first-order chi connectivity index (χ1) is 9.91. The third-order valence-electron chi connectivity index (χ3n) is 3.06. The zero-order chi connectivity index (χ0) is 15.5. The van der Waals surface area contributed by atoms with E-state index in [9.17, 15) is 4.79 Å². The van der Waals surface area contributed by atoms with Gasteiger partial charge in [0.15, 0.2) is 5.82 Å². The summed E-state index contributed by atoms with van der Waals surface area (Å²) in [6.07, 6.45) is 0. The van der Waals surface area contributed by atoms with E-state index >= 15 is 0 Å². The van der Waals surface area contributed by atoms with Crippen LogP contribution in [0, 0.1) is 0 Å². The van der Waals surface area contributed by atoms with E-state index in [2.05, 4.69) is 36.3 Å². The fourth-order valence-corrected chi connectivity index (χ4v) is 1.89. The summed E-state index contributed by atoms with van der Waals surface area (Å²) >= 11 is 0. The highest BCUT2D eigenvalue weighted by Crippen LogP contribution is 2.23. The van der Waals surface area contributed by atoms with Crippen LogP contribution in [-0.2, 0) is 5.41 Å². The summed E-state index contributed by atoms with van der Waals surface area (Å²) in [6, 6.07) is 9.01. The number of rotatable bonds is 4. The molecule has 1 amide bonds. The van der Waals surface area contributed by atoms with E-state index in [1.165, 1.54) is 0 Å². The van der Waals surface area contributed by atoms with Crippen LogP contribution in [0.2, 0.25) is 0 Å². The standard InChI is InChI=1S/C16H21N3O2/c1-5-21-12-9-7-6-8-11(12)15(20)17-14-10-13(18-19-14)16(2,3)4/h6-10H,5H2,1-4H3,(H2,17,18,19,20). The van der Waals surface area contributed by atoms with Gasteiger partial charge in [-0.3, -0.25) is 9.89 Å². The maximum absolute atomic E-state index is 12.3. The maximum atomic E-state index is 12.3. The van der Waals surface area contributed by atoms with E-state index < -0.39 is 0 Å². The summed E-state index contributed by atoms with van der Waals surface area (Å²) < 4.78 is 5.47. The molecular weight excluding hydrogens is 266 g/mol. The molecule has 1 aromatic heterocycles. The van der Waals surface area contributed by atoms with Gasteiger partial charge in [0.1, 0.15) is 5.75 Å². The number of anilines is 1. The predicted octanol–water partition coefficient (Wildman–Crippen LogP) is 3.36. The lowest BCUT2D eigenvalue weighted by Gasteiger charge is -2.14. The van der Waals surface area contributed by atoms with Crippen LogP contribution in [0.15, 0.2) is 30.3 Å². The van der Waals surface area contributed by atoms with Crippen molar-refractivity contribution in [2.24, 2.45) is 0 Å². The van der Waals surface area contributed by atoms with Gasteiger partial charge in [-0.25, -0.2) is 0 Å². The second-order valence-electron chi connectivity index (χ2n) is 5.80. The minimum Gasteiger partial charge on any atom is -0.493 e. The zero-order valence-corrected chi connectivity index (χ0v) is 12.9. The fourth-order valence-electron chi connectivity index (χ4n) is 1.89. The Labute approximate surface area is 124 Å².